The quantitative estimate of drug-likeness (QED) is 0.870. The minimum Gasteiger partial charge on any atom is -0.392 e. The number of aliphatic hydroxyl groups is 1. The minimum absolute atomic E-state index is 0.368. The molecular formula is C15H17NO. The van der Waals surface area contributed by atoms with Crippen LogP contribution in [0.25, 0.3) is 0 Å². The summed E-state index contributed by atoms with van der Waals surface area (Å²) in [6.07, 6.45) is 2.67. The molecule has 1 aromatic heterocycles. The van der Waals surface area contributed by atoms with Crippen LogP contribution in [0.2, 0.25) is 0 Å². The molecule has 0 amide bonds. The monoisotopic (exact) mass is 227 g/mol. The van der Waals surface area contributed by atoms with Gasteiger partial charge in [-0.25, -0.2) is 0 Å². The van der Waals surface area contributed by atoms with Crippen LogP contribution in [-0.2, 0) is 12.8 Å². The van der Waals surface area contributed by atoms with E-state index in [2.05, 4.69) is 36.2 Å². The van der Waals surface area contributed by atoms with Crippen LogP contribution in [0, 0.1) is 6.92 Å². The van der Waals surface area contributed by atoms with Gasteiger partial charge in [0.25, 0.3) is 0 Å². The molecule has 1 heterocycles. The molecule has 0 fully saturated rings. The van der Waals surface area contributed by atoms with Gasteiger partial charge >= 0.3 is 0 Å². The Morgan fingerprint density at radius 2 is 1.82 bits per heavy atom. The Balaban J connectivity index is 1.93. The number of pyridine rings is 1. The number of aryl methyl sites for hydroxylation is 1. The summed E-state index contributed by atoms with van der Waals surface area (Å²) in [6, 6.07) is 14.1. The lowest BCUT2D eigenvalue weighted by Gasteiger charge is -2.10. The van der Waals surface area contributed by atoms with Gasteiger partial charge < -0.3 is 5.11 Å². The SMILES string of the molecule is Cc1ccc(CC(O)Cc2ccccn2)cc1. The molecule has 2 heteroatoms. The highest BCUT2D eigenvalue weighted by atomic mass is 16.3. The molecule has 2 rings (SSSR count). The summed E-state index contributed by atoms with van der Waals surface area (Å²) >= 11 is 0. The van der Waals surface area contributed by atoms with E-state index in [0.717, 1.165) is 5.69 Å². The molecule has 1 unspecified atom stereocenters. The molecule has 0 spiro atoms. The summed E-state index contributed by atoms with van der Waals surface area (Å²) < 4.78 is 0. The molecule has 0 aliphatic rings. The molecule has 0 aliphatic heterocycles. The molecule has 1 aromatic carbocycles. The number of nitrogens with zero attached hydrogens (tertiary/aromatic N) is 1. The van der Waals surface area contributed by atoms with Crippen LogP contribution in [0.5, 0.6) is 0 Å². The molecule has 88 valence electrons. The normalized spacial score (nSPS) is 12.4. The van der Waals surface area contributed by atoms with Crippen LogP contribution in [0.3, 0.4) is 0 Å². The van der Waals surface area contributed by atoms with Crippen molar-refractivity contribution in [2.75, 3.05) is 0 Å². The fourth-order valence-corrected chi connectivity index (χ4v) is 1.83. The van der Waals surface area contributed by atoms with E-state index in [9.17, 15) is 5.11 Å². The van der Waals surface area contributed by atoms with E-state index in [4.69, 9.17) is 0 Å². The number of hydrogen-bond acceptors (Lipinski definition) is 2. The highest BCUT2D eigenvalue weighted by Crippen LogP contribution is 2.09. The van der Waals surface area contributed by atoms with Crippen molar-refractivity contribution >= 4 is 0 Å². The summed E-state index contributed by atoms with van der Waals surface area (Å²) in [6.45, 7) is 2.06. The molecule has 0 aliphatic carbocycles. The average molecular weight is 227 g/mol. The second-order valence-corrected chi connectivity index (χ2v) is 4.37. The summed E-state index contributed by atoms with van der Waals surface area (Å²) in [5.74, 6) is 0. The summed E-state index contributed by atoms with van der Waals surface area (Å²) in [5.41, 5.74) is 3.35. The van der Waals surface area contributed by atoms with Crippen molar-refractivity contribution in [3.8, 4) is 0 Å². The summed E-state index contributed by atoms with van der Waals surface area (Å²) in [5, 5.41) is 9.99. The topological polar surface area (TPSA) is 33.1 Å². The maximum absolute atomic E-state index is 9.99. The Hall–Kier alpha value is -1.67. The second-order valence-electron chi connectivity index (χ2n) is 4.37. The minimum atomic E-state index is -0.368. The van der Waals surface area contributed by atoms with Gasteiger partial charge in [0, 0.05) is 18.3 Å². The van der Waals surface area contributed by atoms with E-state index < -0.39 is 0 Å². The van der Waals surface area contributed by atoms with Gasteiger partial charge in [0.15, 0.2) is 0 Å². The highest BCUT2D eigenvalue weighted by molar-refractivity contribution is 5.22. The van der Waals surface area contributed by atoms with E-state index in [-0.39, 0.29) is 6.10 Å². The smallest absolute Gasteiger partial charge is 0.0635 e. The van der Waals surface area contributed by atoms with Gasteiger partial charge in [-0.2, -0.15) is 0 Å². The van der Waals surface area contributed by atoms with Crippen molar-refractivity contribution in [3.63, 3.8) is 0 Å². The van der Waals surface area contributed by atoms with Gasteiger partial charge in [0.05, 0.1) is 6.10 Å². The Labute approximate surface area is 102 Å². The molecule has 17 heavy (non-hydrogen) atoms. The summed E-state index contributed by atoms with van der Waals surface area (Å²) in [7, 11) is 0. The van der Waals surface area contributed by atoms with Gasteiger partial charge in [-0.15, -0.1) is 0 Å². The maximum atomic E-state index is 9.99. The zero-order chi connectivity index (χ0) is 12.1. The van der Waals surface area contributed by atoms with Gasteiger partial charge in [-0.3, -0.25) is 4.98 Å². The third-order valence-electron chi connectivity index (χ3n) is 2.76. The van der Waals surface area contributed by atoms with Crippen LogP contribution < -0.4 is 0 Å². The van der Waals surface area contributed by atoms with Crippen molar-refractivity contribution in [3.05, 3.63) is 65.5 Å². The van der Waals surface area contributed by atoms with Gasteiger partial charge in [-0.1, -0.05) is 35.9 Å². The number of rotatable bonds is 4. The largest absolute Gasteiger partial charge is 0.392 e. The molecule has 2 aromatic rings. The lowest BCUT2D eigenvalue weighted by Crippen LogP contribution is -2.14. The fourth-order valence-electron chi connectivity index (χ4n) is 1.83. The predicted octanol–water partition coefficient (Wildman–Crippen LogP) is 2.54. The number of aromatic nitrogens is 1. The fraction of sp³-hybridized carbons (Fsp3) is 0.267. The van der Waals surface area contributed by atoms with Crippen molar-refractivity contribution in [2.24, 2.45) is 0 Å². The first-order valence-corrected chi connectivity index (χ1v) is 5.87. The van der Waals surface area contributed by atoms with E-state index >= 15 is 0 Å². The molecule has 0 saturated carbocycles. The first kappa shape index (κ1) is 11.8. The Bertz CT molecular complexity index is 450. The van der Waals surface area contributed by atoms with E-state index in [0.29, 0.717) is 12.8 Å². The van der Waals surface area contributed by atoms with Crippen LogP contribution in [0.4, 0.5) is 0 Å². The first-order valence-electron chi connectivity index (χ1n) is 5.87. The van der Waals surface area contributed by atoms with E-state index in [1.807, 2.05) is 18.2 Å². The Kier molecular flexibility index (Phi) is 3.89. The van der Waals surface area contributed by atoms with Crippen LogP contribution in [0.1, 0.15) is 16.8 Å². The average Bonchev–Trinajstić information content (AvgIpc) is 2.33. The zero-order valence-electron chi connectivity index (χ0n) is 10.0. The molecule has 1 atom stereocenters. The molecule has 0 radical (unpaired) electrons. The van der Waals surface area contributed by atoms with Crippen molar-refractivity contribution < 1.29 is 5.11 Å². The number of hydrogen-bond donors (Lipinski definition) is 1. The molecular weight excluding hydrogens is 210 g/mol. The first-order chi connectivity index (χ1) is 8.24. The van der Waals surface area contributed by atoms with Crippen molar-refractivity contribution in [2.45, 2.75) is 25.9 Å². The number of aliphatic hydroxyl groups excluding tert-OH is 1. The molecule has 2 nitrogen and oxygen atoms in total. The van der Waals surface area contributed by atoms with Gasteiger partial charge in [0.1, 0.15) is 0 Å². The zero-order valence-corrected chi connectivity index (χ0v) is 10.0. The standard InChI is InChI=1S/C15H17NO/c1-12-5-7-13(8-6-12)10-15(17)11-14-4-2-3-9-16-14/h2-9,15,17H,10-11H2,1H3. The third kappa shape index (κ3) is 3.68. The van der Waals surface area contributed by atoms with Gasteiger partial charge in [-0.05, 0) is 31.0 Å². The predicted molar refractivity (Wildman–Crippen MR) is 68.8 cm³/mol. The van der Waals surface area contributed by atoms with Crippen LogP contribution >= 0.6 is 0 Å². The lowest BCUT2D eigenvalue weighted by atomic mass is 10.0. The molecule has 0 bridgehead atoms. The Morgan fingerprint density at radius 1 is 1.06 bits per heavy atom. The van der Waals surface area contributed by atoms with Crippen LogP contribution in [0.15, 0.2) is 48.7 Å². The van der Waals surface area contributed by atoms with E-state index in [1.54, 1.807) is 6.20 Å². The lowest BCUT2D eigenvalue weighted by molar-refractivity contribution is 0.174. The number of benzene rings is 1. The van der Waals surface area contributed by atoms with Crippen LogP contribution in [-0.4, -0.2) is 16.2 Å². The maximum Gasteiger partial charge on any atom is 0.0635 e. The Morgan fingerprint density at radius 3 is 2.47 bits per heavy atom. The highest BCUT2D eigenvalue weighted by Gasteiger charge is 2.07. The third-order valence-corrected chi connectivity index (χ3v) is 2.76. The molecule has 1 N–H and O–H groups in total. The second kappa shape index (κ2) is 5.60. The van der Waals surface area contributed by atoms with Gasteiger partial charge in [0.2, 0.25) is 0 Å². The van der Waals surface area contributed by atoms with E-state index in [1.165, 1.54) is 11.1 Å². The summed E-state index contributed by atoms with van der Waals surface area (Å²) in [4.78, 5) is 4.21. The molecule has 0 saturated heterocycles. The van der Waals surface area contributed by atoms with Crippen molar-refractivity contribution in [1.29, 1.82) is 0 Å². The van der Waals surface area contributed by atoms with Crippen molar-refractivity contribution in [1.82, 2.24) is 4.98 Å².